The molecular formula is C15H30BrNO. The van der Waals surface area contributed by atoms with Gasteiger partial charge in [0.05, 0.1) is 0 Å². The first-order valence-corrected chi connectivity index (χ1v) is 8.76. The third-order valence-electron chi connectivity index (χ3n) is 3.14. The van der Waals surface area contributed by atoms with Crippen LogP contribution in [0.25, 0.3) is 0 Å². The van der Waals surface area contributed by atoms with Crippen LogP contribution in [-0.4, -0.2) is 17.8 Å². The van der Waals surface area contributed by atoms with E-state index < -0.39 is 0 Å². The van der Waals surface area contributed by atoms with Gasteiger partial charge in [0.2, 0.25) is 5.91 Å². The summed E-state index contributed by atoms with van der Waals surface area (Å²) in [6.45, 7) is 3.09. The number of amides is 1. The lowest BCUT2D eigenvalue weighted by molar-refractivity contribution is -0.121. The normalized spacial score (nSPS) is 10.6. The highest BCUT2D eigenvalue weighted by Crippen LogP contribution is 2.06. The minimum Gasteiger partial charge on any atom is -0.356 e. The molecule has 0 unspecified atom stereocenters. The van der Waals surface area contributed by atoms with Gasteiger partial charge in [-0.15, -0.1) is 0 Å². The number of unbranched alkanes of at least 4 members (excludes halogenated alkanes) is 8. The van der Waals surface area contributed by atoms with Gasteiger partial charge in [-0.25, -0.2) is 0 Å². The second-order valence-electron chi connectivity index (χ2n) is 4.97. The largest absolute Gasteiger partial charge is 0.356 e. The van der Waals surface area contributed by atoms with E-state index in [1.54, 1.807) is 0 Å². The molecule has 0 rings (SSSR count). The van der Waals surface area contributed by atoms with E-state index in [0.29, 0.717) is 6.42 Å². The number of halogens is 1. The first-order valence-electron chi connectivity index (χ1n) is 7.64. The zero-order valence-corrected chi connectivity index (χ0v) is 13.6. The van der Waals surface area contributed by atoms with Crippen LogP contribution >= 0.6 is 15.9 Å². The molecule has 18 heavy (non-hydrogen) atoms. The molecule has 0 bridgehead atoms. The Morgan fingerprint density at radius 3 is 2.22 bits per heavy atom. The van der Waals surface area contributed by atoms with Crippen molar-refractivity contribution in [3.63, 3.8) is 0 Å². The van der Waals surface area contributed by atoms with Gasteiger partial charge < -0.3 is 5.32 Å². The zero-order valence-electron chi connectivity index (χ0n) is 12.0. The fraction of sp³-hybridized carbons (Fsp3) is 0.933. The molecule has 0 radical (unpaired) electrons. The minimum absolute atomic E-state index is 0.242. The van der Waals surface area contributed by atoms with Crippen LogP contribution in [0.5, 0.6) is 0 Å². The highest BCUT2D eigenvalue weighted by molar-refractivity contribution is 9.09. The van der Waals surface area contributed by atoms with E-state index in [1.165, 1.54) is 51.4 Å². The molecule has 3 heteroatoms. The van der Waals surface area contributed by atoms with Crippen LogP contribution in [-0.2, 0) is 4.79 Å². The smallest absolute Gasteiger partial charge is 0.219 e. The van der Waals surface area contributed by atoms with Crippen molar-refractivity contribution in [3.8, 4) is 0 Å². The van der Waals surface area contributed by atoms with Gasteiger partial charge in [0.15, 0.2) is 0 Å². The average Bonchev–Trinajstić information content (AvgIpc) is 2.38. The van der Waals surface area contributed by atoms with E-state index >= 15 is 0 Å². The van der Waals surface area contributed by atoms with Crippen LogP contribution in [0.3, 0.4) is 0 Å². The van der Waals surface area contributed by atoms with Gasteiger partial charge in [0.25, 0.3) is 0 Å². The van der Waals surface area contributed by atoms with E-state index in [4.69, 9.17) is 0 Å². The summed E-state index contributed by atoms with van der Waals surface area (Å²) >= 11 is 3.42. The summed E-state index contributed by atoms with van der Waals surface area (Å²) in [7, 11) is 0. The quantitative estimate of drug-likeness (QED) is 0.383. The molecule has 0 heterocycles. The third-order valence-corrected chi connectivity index (χ3v) is 3.70. The molecule has 0 fully saturated rings. The van der Waals surface area contributed by atoms with Gasteiger partial charge in [0.1, 0.15) is 0 Å². The zero-order chi connectivity index (χ0) is 13.5. The second-order valence-corrected chi connectivity index (χ2v) is 5.76. The van der Waals surface area contributed by atoms with Crippen molar-refractivity contribution in [1.82, 2.24) is 5.32 Å². The summed E-state index contributed by atoms with van der Waals surface area (Å²) in [6.07, 6.45) is 13.1. The third kappa shape index (κ3) is 14.0. The number of hydrogen-bond donors (Lipinski definition) is 1. The maximum Gasteiger partial charge on any atom is 0.219 e. The van der Waals surface area contributed by atoms with E-state index in [1.807, 2.05) is 0 Å². The molecule has 0 atom stereocenters. The first-order chi connectivity index (χ1) is 8.81. The lowest BCUT2D eigenvalue weighted by Gasteiger charge is -2.05. The van der Waals surface area contributed by atoms with Crippen LogP contribution in [0, 0.1) is 0 Å². The summed E-state index contributed by atoms with van der Waals surface area (Å²) in [5.74, 6) is 0.242. The van der Waals surface area contributed by atoms with Crippen molar-refractivity contribution in [2.45, 2.75) is 77.6 Å². The maximum absolute atomic E-state index is 11.5. The van der Waals surface area contributed by atoms with E-state index in [9.17, 15) is 4.79 Å². The summed E-state index contributed by atoms with van der Waals surface area (Å²) in [5.41, 5.74) is 0. The molecule has 108 valence electrons. The fourth-order valence-electron chi connectivity index (χ4n) is 1.96. The Kier molecular flexibility index (Phi) is 15.0. The molecule has 1 N–H and O–H groups in total. The maximum atomic E-state index is 11.5. The number of nitrogens with one attached hydrogen (secondary N) is 1. The van der Waals surface area contributed by atoms with E-state index in [-0.39, 0.29) is 5.91 Å². The van der Waals surface area contributed by atoms with E-state index in [2.05, 4.69) is 28.2 Å². The summed E-state index contributed by atoms with van der Waals surface area (Å²) in [4.78, 5) is 11.5. The second kappa shape index (κ2) is 15.0. The Bertz CT molecular complexity index is 167. The van der Waals surface area contributed by atoms with Crippen LogP contribution in [0.4, 0.5) is 0 Å². The number of carbonyl (C=O) groups excluding carboxylic acids is 1. The molecule has 0 aromatic rings. The predicted octanol–water partition coefficient (Wildman–Crippen LogP) is 4.81. The Labute approximate surface area is 121 Å². The molecular weight excluding hydrogens is 290 g/mol. The topological polar surface area (TPSA) is 29.1 Å². The molecule has 0 aliphatic carbocycles. The number of rotatable bonds is 13. The van der Waals surface area contributed by atoms with Crippen LogP contribution in [0.2, 0.25) is 0 Å². The first kappa shape index (κ1) is 17.9. The van der Waals surface area contributed by atoms with Gasteiger partial charge in [-0.2, -0.15) is 0 Å². The van der Waals surface area contributed by atoms with Gasteiger partial charge in [-0.1, -0.05) is 67.8 Å². The highest BCUT2D eigenvalue weighted by Gasteiger charge is 2.00. The number of hydrogen-bond acceptors (Lipinski definition) is 1. The SMILES string of the molecule is CCCCCCCCC(=O)NCCCCCCBr. The molecule has 0 aromatic carbocycles. The van der Waals surface area contributed by atoms with Crippen LogP contribution in [0.1, 0.15) is 77.6 Å². The molecule has 0 saturated carbocycles. The van der Waals surface area contributed by atoms with Crippen LogP contribution in [0.15, 0.2) is 0 Å². The van der Waals surface area contributed by atoms with Crippen molar-refractivity contribution in [3.05, 3.63) is 0 Å². The lowest BCUT2D eigenvalue weighted by Crippen LogP contribution is -2.23. The fourth-order valence-corrected chi connectivity index (χ4v) is 2.35. The molecule has 0 aromatic heterocycles. The van der Waals surface area contributed by atoms with Gasteiger partial charge >= 0.3 is 0 Å². The predicted molar refractivity (Wildman–Crippen MR) is 83.3 cm³/mol. The van der Waals surface area contributed by atoms with Gasteiger partial charge in [-0.3, -0.25) is 4.79 Å². The van der Waals surface area contributed by atoms with Crippen molar-refractivity contribution < 1.29 is 4.79 Å². The molecule has 0 aliphatic heterocycles. The lowest BCUT2D eigenvalue weighted by atomic mass is 10.1. The molecule has 2 nitrogen and oxygen atoms in total. The standard InChI is InChI=1S/C15H30BrNO/c1-2-3-4-5-6-9-12-15(18)17-14-11-8-7-10-13-16/h2-14H2,1H3,(H,17,18). The minimum atomic E-state index is 0.242. The van der Waals surface area contributed by atoms with Crippen molar-refractivity contribution >= 4 is 21.8 Å². The molecule has 0 aliphatic rings. The Hall–Kier alpha value is -0.0500. The Balaban J connectivity index is 3.12. The molecule has 0 spiro atoms. The molecule has 0 saturated heterocycles. The molecule has 1 amide bonds. The van der Waals surface area contributed by atoms with Gasteiger partial charge in [-0.05, 0) is 19.3 Å². The summed E-state index contributed by atoms with van der Waals surface area (Å²) in [6, 6.07) is 0. The highest BCUT2D eigenvalue weighted by atomic mass is 79.9. The number of carbonyl (C=O) groups is 1. The summed E-state index contributed by atoms with van der Waals surface area (Å²) < 4.78 is 0. The van der Waals surface area contributed by atoms with Crippen molar-refractivity contribution in [2.24, 2.45) is 0 Å². The van der Waals surface area contributed by atoms with Crippen LogP contribution < -0.4 is 5.32 Å². The Morgan fingerprint density at radius 1 is 0.889 bits per heavy atom. The Morgan fingerprint density at radius 2 is 1.50 bits per heavy atom. The summed E-state index contributed by atoms with van der Waals surface area (Å²) in [5, 5.41) is 4.11. The number of alkyl halides is 1. The monoisotopic (exact) mass is 319 g/mol. The van der Waals surface area contributed by atoms with E-state index in [0.717, 1.165) is 24.7 Å². The average molecular weight is 320 g/mol. The van der Waals surface area contributed by atoms with Gasteiger partial charge in [0, 0.05) is 18.3 Å². The van der Waals surface area contributed by atoms with Crippen molar-refractivity contribution in [2.75, 3.05) is 11.9 Å². The van der Waals surface area contributed by atoms with Crippen molar-refractivity contribution in [1.29, 1.82) is 0 Å².